The number of nitrogen functional groups attached to an aromatic ring is 1. The van der Waals surface area contributed by atoms with Crippen LogP contribution < -0.4 is 10.6 Å². The summed E-state index contributed by atoms with van der Waals surface area (Å²) in [5, 5.41) is 0.986. The van der Waals surface area contributed by atoms with Gasteiger partial charge in [0.2, 0.25) is 0 Å². The van der Waals surface area contributed by atoms with Gasteiger partial charge in [0, 0.05) is 18.5 Å². The number of rotatable bonds is 1. The molecule has 19 heavy (non-hydrogen) atoms. The van der Waals surface area contributed by atoms with Crippen LogP contribution in [0.1, 0.15) is 0 Å². The first kappa shape index (κ1) is 12.4. The van der Waals surface area contributed by atoms with Crippen LogP contribution in [-0.2, 0) is 4.74 Å². The molecule has 6 heteroatoms. The zero-order valence-electron chi connectivity index (χ0n) is 10.2. The Hall–Kier alpha value is -1.59. The van der Waals surface area contributed by atoms with E-state index in [0.717, 1.165) is 0 Å². The molecular formula is C13H13ClFN3O. The topological polar surface area (TPSA) is 51.4 Å². The van der Waals surface area contributed by atoms with Crippen LogP contribution in [0.5, 0.6) is 0 Å². The summed E-state index contributed by atoms with van der Waals surface area (Å²) in [7, 11) is 0. The van der Waals surface area contributed by atoms with Gasteiger partial charge in [0.05, 0.1) is 23.9 Å². The molecule has 2 N–H and O–H groups in total. The first-order valence-electron chi connectivity index (χ1n) is 6.04. The molecule has 1 saturated heterocycles. The van der Waals surface area contributed by atoms with E-state index in [0.29, 0.717) is 42.4 Å². The quantitative estimate of drug-likeness (QED) is 0.872. The Balaban J connectivity index is 2.14. The van der Waals surface area contributed by atoms with E-state index in [9.17, 15) is 4.39 Å². The van der Waals surface area contributed by atoms with Gasteiger partial charge in [-0.15, -0.1) is 0 Å². The highest BCUT2D eigenvalue weighted by Crippen LogP contribution is 2.31. The maximum Gasteiger partial charge on any atom is 0.172 e. The van der Waals surface area contributed by atoms with Crippen LogP contribution in [0.2, 0.25) is 5.02 Å². The number of aromatic nitrogens is 1. The minimum atomic E-state index is -0.381. The van der Waals surface area contributed by atoms with Crippen molar-refractivity contribution in [1.29, 1.82) is 0 Å². The summed E-state index contributed by atoms with van der Waals surface area (Å²) in [6, 6.07) is 5.03. The maximum absolute atomic E-state index is 14.6. The van der Waals surface area contributed by atoms with E-state index in [1.54, 1.807) is 12.1 Å². The van der Waals surface area contributed by atoms with E-state index in [4.69, 9.17) is 22.1 Å². The van der Waals surface area contributed by atoms with Crippen LogP contribution in [0.15, 0.2) is 18.2 Å². The molecule has 0 radical (unpaired) electrons. The SMILES string of the molecule is Nc1cc(Cl)c2ccc(N3CCOCC3)c(F)c2n1. The van der Waals surface area contributed by atoms with Crippen molar-refractivity contribution in [3.8, 4) is 0 Å². The average Bonchev–Trinajstić information content (AvgIpc) is 2.41. The van der Waals surface area contributed by atoms with Crippen molar-refractivity contribution in [1.82, 2.24) is 4.98 Å². The van der Waals surface area contributed by atoms with E-state index < -0.39 is 0 Å². The first-order chi connectivity index (χ1) is 9.16. The van der Waals surface area contributed by atoms with Gasteiger partial charge in [-0.3, -0.25) is 0 Å². The third kappa shape index (κ3) is 2.19. The van der Waals surface area contributed by atoms with Crippen molar-refractivity contribution in [3.05, 3.63) is 29.0 Å². The molecule has 2 aromatic rings. The van der Waals surface area contributed by atoms with Gasteiger partial charge >= 0.3 is 0 Å². The van der Waals surface area contributed by atoms with Crippen molar-refractivity contribution in [2.75, 3.05) is 36.9 Å². The molecule has 1 aromatic heterocycles. The van der Waals surface area contributed by atoms with Gasteiger partial charge in [-0.2, -0.15) is 0 Å². The zero-order valence-corrected chi connectivity index (χ0v) is 11.0. The van der Waals surface area contributed by atoms with E-state index >= 15 is 0 Å². The number of morpholine rings is 1. The van der Waals surface area contributed by atoms with Gasteiger partial charge in [-0.05, 0) is 18.2 Å². The lowest BCUT2D eigenvalue weighted by Gasteiger charge is -2.29. The minimum absolute atomic E-state index is 0.217. The summed E-state index contributed by atoms with van der Waals surface area (Å²) >= 11 is 6.05. The van der Waals surface area contributed by atoms with Crippen LogP contribution in [-0.4, -0.2) is 31.3 Å². The molecule has 0 saturated carbocycles. The summed E-state index contributed by atoms with van der Waals surface area (Å²) in [6.07, 6.45) is 0. The molecule has 1 fully saturated rings. The number of pyridine rings is 1. The van der Waals surface area contributed by atoms with Crippen LogP contribution in [0.25, 0.3) is 10.9 Å². The number of anilines is 2. The number of nitrogens with zero attached hydrogens (tertiary/aromatic N) is 2. The number of hydrogen-bond donors (Lipinski definition) is 1. The molecule has 3 rings (SSSR count). The predicted molar refractivity (Wildman–Crippen MR) is 74.2 cm³/mol. The highest BCUT2D eigenvalue weighted by molar-refractivity contribution is 6.35. The van der Waals surface area contributed by atoms with Gasteiger partial charge < -0.3 is 15.4 Å². The van der Waals surface area contributed by atoms with Gasteiger partial charge in [0.25, 0.3) is 0 Å². The smallest absolute Gasteiger partial charge is 0.172 e. The van der Waals surface area contributed by atoms with Crippen LogP contribution in [0.4, 0.5) is 15.9 Å². The molecule has 100 valence electrons. The third-order valence-electron chi connectivity index (χ3n) is 3.22. The van der Waals surface area contributed by atoms with E-state index in [1.165, 1.54) is 6.07 Å². The molecule has 4 nitrogen and oxygen atoms in total. The fraction of sp³-hybridized carbons (Fsp3) is 0.308. The van der Waals surface area contributed by atoms with Gasteiger partial charge in [0.1, 0.15) is 11.3 Å². The Labute approximate surface area is 114 Å². The predicted octanol–water partition coefficient (Wildman–Crippen LogP) is 2.45. The molecule has 0 unspecified atom stereocenters. The van der Waals surface area contributed by atoms with Crippen molar-refractivity contribution >= 4 is 34.0 Å². The summed E-state index contributed by atoms with van der Waals surface area (Å²) in [6.45, 7) is 2.53. The van der Waals surface area contributed by atoms with Crippen molar-refractivity contribution in [2.45, 2.75) is 0 Å². The number of benzene rings is 1. The number of ether oxygens (including phenoxy) is 1. The molecule has 0 aliphatic carbocycles. The Morgan fingerprint density at radius 1 is 1.32 bits per heavy atom. The van der Waals surface area contributed by atoms with E-state index in [-0.39, 0.29) is 17.2 Å². The van der Waals surface area contributed by atoms with E-state index in [1.807, 2.05) is 4.90 Å². The van der Waals surface area contributed by atoms with Crippen molar-refractivity contribution in [3.63, 3.8) is 0 Å². The lowest BCUT2D eigenvalue weighted by molar-refractivity contribution is 0.122. The Morgan fingerprint density at radius 3 is 2.79 bits per heavy atom. The standard InChI is InChI=1S/C13H13ClFN3O/c14-9-7-11(16)17-13-8(9)1-2-10(12(13)15)18-3-5-19-6-4-18/h1-2,7H,3-6H2,(H2,16,17). The first-order valence-corrected chi connectivity index (χ1v) is 6.41. The molecule has 0 bridgehead atoms. The molecular weight excluding hydrogens is 269 g/mol. The Bertz CT molecular complexity index is 629. The molecule has 1 aromatic carbocycles. The van der Waals surface area contributed by atoms with Crippen LogP contribution in [0, 0.1) is 5.82 Å². The average molecular weight is 282 g/mol. The number of fused-ring (bicyclic) bond motifs is 1. The monoisotopic (exact) mass is 281 g/mol. The number of hydrogen-bond acceptors (Lipinski definition) is 4. The summed E-state index contributed by atoms with van der Waals surface area (Å²) in [5.41, 5.74) is 6.36. The van der Waals surface area contributed by atoms with Crippen LogP contribution >= 0.6 is 11.6 Å². The summed E-state index contributed by atoms with van der Waals surface area (Å²) < 4.78 is 19.8. The highest BCUT2D eigenvalue weighted by atomic mass is 35.5. The highest BCUT2D eigenvalue weighted by Gasteiger charge is 2.18. The Kier molecular flexibility index (Phi) is 3.16. The molecule has 0 spiro atoms. The fourth-order valence-electron chi connectivity index (χ4n) is 2.27. The van der Waals surface area contributed by atoms with Gasteiger partial charge in [0.15, 0.2) is 5.82 Å². The van der Waals surface area contributed by atoms with Crippen molar-refractivity contribution in [2.24, 2.45) is 0 Å². The fourth-order valence-corrected chi connectivity index (χ4v) is 2.54. The summed E-state index contributed by atoms with van der Waals surface area (Å²) in [5.74, 6) is -0.163. The number of nitrogens with two attached hydrogens (primary N) is 1. The zero-order chi connectivity index (χ0) is 13.4. The minimum Gasteiger partial charge on any atom is -0.384 e. The maximum atomic E-state index is 14.6. The van der Waals surface area contributed by atoms with E-state index in [2.05, 4.69) is 4.98 Å². The molecule has 0 amide bonds. The second kappa shape index (κ2) is 4.83. The number of halogens is 2. The molecule has 2 heterocycles. The van der Waals surface area contributed by atoms with Gasteiger partial charge in [-0.1, -0.05) is 11.6 Å². The summed E-state index contributed by atoms with van der Waals surface area (Å²) in [4.78, 5) is 5.99. The lowest BCUT2D eigenvalue weighted by Crippen LogP contribution is -2.36. The molecule has 0 atom stereocenters. The third-order valence-corrected chi connectivity index (χ3v) is 3.53. The molecule has 1 aliphatic rings. The van der Waals surface area contributed by atoms with Gasteiger partial charge in [-0.25, -0.2) is 9.37 Å². The van der Waals surface area contributed by atoms with Crippen LogP contribution in [0.3, 0.4) is 0 Å². The second-order valence-corrected chi connectivity index (χ2v) is 4.83. The molecule has 1 aliphatic heterocycles. The normalized spacial score (nSPS) is 16.0. The Morgan fingerprint density at radius 2 is 2.05 bits per heavy atom. The van der Waals surface area contributed by atoms with Crippen molar-refractivity contribution < 1.29 is 9.13 Å². The lowest BCUT2D eigenvalue weighted by atomic mass is 10.1. The largest absolute Gasteiger partial charge is 0.384 e. The second-order valence-electron chi connectivity index (χ2n) is 4.42.